The predicted molar refractivity (Wildman–Crippen MR) is 79.4 cm³/mol. The van der Waals surface area contributed by atoms with E-state index in [2.05, 4.69) is 0 Å². The zero-order valence-corrected chi connectivity index (χ0v) is 12.1. The van der Waals surface area contributed by atoms with E-state index < -0.39 is 5.97 Å². The Morgan fingerprint density at radius 3 is 2.58 bits per heavy atom. The molecular formula is C14H10Cl2O2S. The van der Waals surface area contributed by atoms with Gasteiger partial charge in [0.15, 0.2) is 0 Å². The quantitative estimate of drug-likeness (QED) is 0.809. The average molecular weight is 313 g/mol. The lowest BCUT2D eigenvalue weighted by Crippen LogP contribution is -1.98. The minimum absolute atomic E-state index is 0.297. The molecule has 0 bridgehead atoms. The van der Waals surface area contributed by atoms with Crippen LogP contribution in [0.4, 0.5) is 0 Å². The Balaban J connectivity index is 2.19. The van der Waals surface area contributed by atoms with Crippen LogP contribution in [0.15, 0.2) is 47.4 Å². The molecule has 19 heavy (non-hydrogen) atoms. The number of hydrogen-bond acceptors (Lipinski definition) is 2. The van der Waals surface area contributed by atoms with Crippen molar-refractivity contribution < 1.29 is 9.90 Å². The van der Waals surface area contributed by atoms with E-state index in [0.29, 0.717) is 26.3 Å². The molecule has 2 rings (SSSR count). The Hall–Kier alpha value is -1.16. The number of aromatic carboxylic acids is 1. The molecule has 0 amide bonds. The molecule has 0 heterocycles. The highest BCUT2D eigenvalue weighted by atomic mass is 35.5. The number of thioether (sulfide) groups is 1. The molecule has 0 aliphatic carbocycles. The molecule has 0 saturated carbocycles. The largest absolute Gasteiger partial charge is 0.478 e. The number of rotatable bonds is 4. The fraction of sp³-hybridized carbons (Fsp3) is 0.0714. The summed E-state index contributed by atoms with van der Waals surface area (Å²) in [5, 5.41) is 10.1. The van der Waals surface area contributed by atoms with Crippen molar-refractivity contribution >= 4 is 40.9 Å². The summed E-state index contributed by atoms with van der Waals surface area (Å²) in [7, 11) is 0. The van der Waals surface area contributed by atoms with Crippen molar-refractivity contribution in [2.75, 3.05) is 0 Å². The predicted octanol–water partition coefficient (Wildman–Crippen LogP) is 4.98. The summed E-state index contributed by atoms with van der Waals surface area (Å²) < 4.78 is 0. The zero-order chi connectivity index (χ0) is 13.8. The van der Waals surface area contributed by atoms with Crippen molar-refractivity contribution in [3.8, 4) is 0 Å². The molecule has 0 aliphatic rings. The van der Waals surface area contributed by atoms with Gasteiger partial charge in [-0.25, -0.2) is 4.79 Å². The summed E-state index contributed by atoms with van der Waals surface area (Å²) >= 11 is 13.5. The third-order valence-electron chi connectivity index (χ3n) is 2.53. The molecule has 0 spiro atoms. The lowest BCUT2D eigenvalue weighted by atomic mass is 10.2. The van der Waals surface area contributed by atoms with E-state index in [-0.39, 0.29) is 0 Å². The summed E-state index contributed by atoms with van der Waals surface area (Å²) in [5.41, 5.74) is 1.19. The van der Waals surface area contributed by atoms with Crippen LogP contribution in [-0.4, -0.2) is 11.1 Å². The fourth-order valence-electron chi connectivity index (χ4n) is 1.58. The average Bonchev–Trinajstić information content (AvgIpc) is 2.40. The maximum Gasteiger partial charge on any atom is 0.336 e. The topological polar surface area (TPSA) is 37.3 Å². The third kappa shape index (κ3) is 3.44. The van der Waals surface area contributed by atoms with E-state index >= 15 is 0 Å². The summed E-state index contributed by atoms with van der Waals surface area (Å²) in [5.74, 6) is -0.357. The highest BCUT2D eigenvalue weighted by molar-refractivity contribution is 7.98. The molecule has 0 aliphatic heterocycles. The minimum Gasteiger partial charge on any atom is -0.478 e. The summed E-state index contributed by atoms with van der Waals surface area (Å²) in [4.78, 5) is 11.8. The number of benzene rings is 2. The van der Waals surface area contributed by atoms with Crippen LogP contribution in [0.5, 0.6) is 0 Å². The molecule has 0 atom stereocenters. The molecule has 2 aromatic carbocycles. The van der Waals surface area contributed by atoms with Gasteiger partial charge in [-0.1, -0.05) is 47.5 Å². The first-order valence-corrected chi connectivity index (χ1v) is 7.21. The Morgan fingerprint density at radius 1 is 1.11 bits per heavy atom. The lowest BCUT2D eigenvalue weighted by Gasteiger charge is -2.07. The minimum atomic E-state index is -0.930. The molecular weight excluding hydrogens is 303 g/mol. The Morgan fingerprint density at radius 2 is 1.84 bits per heavy atom. The summed E-state index contributed by atoms with van der Waals surface area (Å²) in [6, 6.07) is 12.3. The van der Waals surface area contributed by atoms with Crippen LogP contribution in [0, 0.1) is 0 Å². The van der Waals surface area contributed by atoms with Gasteiger partial charge >= 0.3 is 5.97 Å². The van der Waals surface area contributed by atoms with Gasteiger partial charge in [0.05, 0.1) is 15.6 Å². The first kappa shape index (κ1) is 14.3. The van der Waals surface area contributed by atoms with Crippen molar-refractivity contribution in [2.24, 2.45) is 0 Å². The van der Waals surface area contributed by atoms with Gasteiger partial charge in [0.1, 0.15) is 0 Å². The molecule has 0 unspecified atom stereocenters. The van der Waals surface area contributed by atoms with Crippen LogP contribution in [0.2, 0.25) is 10.0 Å². The molecule has 0 fully saturated rings. The maximum absolute atomic E-state index is 11.1. The Kier molecular flexibility index (Phi) is 4.75. The maximum atomic E-state index is 11.1. The van der Waals surface area contributed by atoms with Crippen molar-refractivity contribution in [1.29, 1.82) is 0 Å². The van der Waals surface area contributed by atoms with Crippen LogP contribution >= 0.6 is 35.0 Å². The van der Waals surface area contributed by atoms with Gasteiger partial charge in [-0.2, -0.15) is 0 Å². The van der Waals surface area contributed by atoms with Crippen molar-refractivity contribution in [2.45, 2.75) is 10.6 Å². The van der Waals surface area contributed by atoms with Gasteiger partial charge in [-0.3, -0.25) is 0 Å². The highest BCUT2D eigenvalue weighted by Gasteiger charge is 2.11. The second-order valence-electron chi connectivity index (χ2n) is 3.80. The van der Waals surface area contributed by atoms with Gasteiger partial charge in [-0.15, -0.1) is 11.8 Å². The second kappa shape index (κ2) is 6.33. The van der Waals surface area contributed by atoms with E-state index in [4.69, 9.17) is 28.3 Å². The number of halogens is 2. The molecule has 98 valence electrons. The van der Waals surface area contributed by atoms with Gasteiger partial charge in [0.25, 0.3) is 0 Å². The van der Waals surface area contributed by atoms with E-state index in [1.165, 1.54) is 11.8 Å². The Bertz CT molecular complexity index is 614. The van der Waals surface area contributed by atoms with E-state index in [0.717, 1.165) is 5.56 Å². The standard InChI is InChI=1S/C14H10Cl2O2S/c15-11-6-3-4-9(13(11)16)8-19-12-7-2-1-5-10(12)14(17)18/h1-7H,8H2,(H,17,18). The normalized spacial score (nSPS) is 10.4. The molecule has 0 saturated heterocycles. The smallest absolute Gasteiger partial charge is 0.336 e. The second-order valence-corrected chi connectivity index (χ2v) is 5.61. The first-order chi connectivity index (χ1) is 9.09. The summed E-state index contributed by atoms with van der Waals surface area (Å²) in [6.45, 7) is 0. The molecule has 5 heteroatoms. The van der Waals surface area contributed by atoms with E-state index in [1.54, 1.807) is 24.3 Å². The van der Waals surface area contributed by atoms with Crippen LogP contribution in [-0.2, 0) is 5.75 Å². The third-order valence-corrected chi connectivity index (χ3v) is 4.51. The van der Waals surface area contributed by atoms with E-state index in [1.807, 2.05) is 18.2 Å². The summed E-state index contributed by atoms with van der Waals surface area (Å²) in [6.07, 6.45) is 0. The lowest BCUT2D eigenvalue weighted by molar-refractivity contribution is 0.0693. The number of carboxylic acids is 1. The molecule has 0 radical (unpaired) electrons. The van der Waals surface area contributed by atoms with E-state index in [9.17, 15) is 4.79 Å². The molecule has 0 aromatic heterocycles. The van der Waals surface area contributed by atoms with Gasteiger partial charge < -0.3 is 5.11 Å². The molecule has 2 nitrogen and oxygen atoms in total. The van der Waals surface area contributed by atoms with Crippen LogP contribution < -0.4 is 0 Å². The van der Waals surface area contributed by atoms with Crippen molar-refractivity contribution in [1.82, 2.24) is 0 Å². The van der Waals surface area contributed by atoms with Crippen molar-refractivity contribution in [3.05, 3.63) is 63.6 Å². The highest BCUT2D eigenvalue weighted by Crippen LogP contribution is 2.32. The van der Waals surface area contributed by atoms with Gasteiger partial charge in [-0.05, 0) is 23.8 Å². The zero-order valence-electron chi connectivity index (χ0n) is 9.77. The van der Waals surface area contributed by atoms with Crippen LogP contribution in [0.1, 0.15) is 15.9 Å². The van der Waals surface area contributed by atoms with Crippen LogP contribution in [0.3, 0.4) is 0 Å². The molecule has 1 N–H and O–H groups in total. The molecule has 2 aromatic rings. The van der Waals surface area contributed by atoms with Crippen LogP contribution in [0.25, 0.3) is 0 Å². The number of carbonyl (C=O) groups is 1. The number of hydrogen-bond donors (Lipinski definition) is 1. The van der Waals surface area contributed by atoms with Crippen molar-refractivity contribution in [3.63, 3.8) is 0 Å². The number of carboxylic acid groups (broad SMARTS) is 1. The van der Waals surface area contributed by atoms with Gasteiger partial charge in [0.2, 0.25) is 0 Å². The fourth-order valence-corrected chi connectivity index (χ4v) is 3.09. The first-order valence-electron chi connectivity index (χ1n) is 5.47. The SMILES string of the molecule is O=C(O)c1ccccc1SCc1cccc(Cl)c1Cl. The van der Waals surface area contributed by atoms with Gasteiger partial charge in [0, 0.05) is 10.6 Å². The Labute approximate surface area is 125 Å². The monoisotopic (exact) mass is 312 g/mol.